The molecule has 0 saturated carbocycles. The zero-order chi connectivity index (χ0) is 22.7. The van der Waals surface area contributed by atoms with E-state index in [0.29, 0.717) is 24.6 Å². The number of hydrogen-bond acceptors (Lipinski definition) is 6. The Morgan fingerprint density at radius 1 is 1.09 bits per heavy atom. The summed E-state index contributed by atoms with van der Waals surface area (Å²) in [6, 6.07) is 7.21. The van der Waals surface area contributed by atoms with Gasteiger partial charge >= 0.3 is 0 Å². The van der Waals surface area contributed by atoms with Gasteiger partial charge in [-0.15, -0.1) is 0 Å². The van der Waals surface area contributed by atoms with Crippen LogP contribution in [0.1, 0.15) is 47.7 Å². The summed E-state index contributed by atoms with van der Waals surface area (Å²) in [5.41, 5.74) is 8.67. The van der Waals surface area contributed by atoms with Crippen molar-refractivity contribution in [3.05, 3.63) is 41.7 Å². The lowest BCUT2D eigenvalue weighted by Gasteiger charge is -2.28. The minimum absolute atomic E-state index is 0.146. The van der Waals surface area contributed by atoms with E-state index in [2.05, 4.69) is 9.88 Å². The zero-order valence-electron chi connectivity index (χ0n) is 19.0. The molecule has 2 N–H and O–H groups in total. The zero-order valence-corrected chi connectivity index (χ0v) is 19.0. The molecular formula is C24H32N6O2. The number of benzene rings is 1. The van der Waals surface area contributed by atoms with Gasteiger partial charge in [-0.1, -0.05) is 18.6 Å². The largest absolute Gasteiger partial charge is 0.366 e. The summed E-state index contributed by atoms with van der Waals surface area (Å²) in [5.74, 6) is 0.557. The Hall–Kier alpha value is -3.00. The average Bonchev–Trinajstić information content (AvgIpc) is 3.30. The molecule has 8 nitrogen and oxygen atoms in total. The summed E-state index contributed by atoms with van der Waals surface area (Å²) in [7, 11) is 3.84. The lowest BCUT2D eigenvalue weighted by atomic mass is 9.95. The molecule has 2 aliphatic heterocycles. The Kier molecular flexibility index (Phi) is 6.69. The van der Waals surface area contributed by atoms with Crippen LogP contribution in [-0.2, 0) is 4.79 Å². The van der Waals surface area contributed by atoms with Crippen molar-refractivity contribution in [2.45, 2.75) is 31.6 Å². The van der Waals surface area contributed by atoms with Gasteiger partial charge < -0.3 is 15.5 Å². The Morgan fingerprint density at radius 2 is 1.81 bits per heavy atom. The molecule has 2 aromatic rings. The van der Waals surface area contributed by atoms with Crippen molar-refractivity contribution in [1.82, 2.24) is 19.8 Å². The molecule has 0 bridgehead atoms. The molecule has 0 aliphatic carbocycles. The number of primary amides is 1. The number of amides is 2. The molecule has 1 aromatic heterocycles. The molecule has 32 heavy (non-hydrogen) atoms. The molecular weight excluding hydrogens is 404 g/mol. The van der Waals surface area contributed by atoms with Crippen LogP contribution in [0.3, 0.4) is 0 Å². The number of piperidine rings is 1. The molecule has 1 aromatic carbocycles. The van der Waals surface area contributed by atoms with Gasteiger partial charge in [0.1, 0.15) is 0 Å². The van der Waals surface area contributed by atoms with E-state index in [4.69, 9.17) is 10.7 Å². The fraction of sp³-hybridized carbons (Fsp3) is 0.500. The lowest BCUT2D eigenvalue weighted by molar-refractivity contribution is -0.131. The second-order valence-corrected chi connectivity index (χ2v) is 8.97. The highest BCUT2D eigenvalue weighted by Crippen LogP contribution is 2.34. The molecule has 4 rings (SSSR count). The summed E-state index contributed by atoms with van der Waals surface area (Å²) in [4.78, 5) is 39.9. The van der Waals surface area contributed by atoms with Crippen LogP contribution in [0.4, 0.5) is 5.95 Å². The molecule has 1 unspecified atom stereocenters. The summed E-state index contributed by atoms with van der Waals surface area (Å²) in [6.07, 6.45) is 6.35. The number of nitrogens with two attached hydrogens (primary N) is 1. The highest BCUT2D eigenvalue weighted by Gasteiger charge is 2.31. The van der Waals surface area contributed by atoms with Crippen LogP contribution in [0, 0.1) is 0 Å². The molecule has 2 amide bonds. The van der Waals surface area contributed by atoms with Gasteiger partial charge in [0, 0.05) is 50.4 Å². The number of hydrogen-bond donors (Lipinski definition) is 1. The van der Waals surface area contributed by atoms with Gasteiger partial charge in [-0.25, -0.2) is 9.97 Å². The average molecular weight is 437 g/mol. The van der Waals surface area contributed by atoms with Crippen molar-refractivity contribution in [3.8, 4) is 11.1 Å². The number of aromatic nitrogens is 2. The van der Waals surface area contributed by atoms with Crippen molar-refractivity contribution < 1.29 is 9.59 Å². The molecule has 2 saturated heterocycles. The maximum Gasteiger partial charge on any atom is 0.248 e. The number of rotatable bonds is 6. The Morgan fingerprint density at radius 3 is 2.47 bits per heavy atom. The van der Waals surface area contributed by atoms with Gasteiger partial charge in [-0.3, -0.25) is 14.5 Å². The van der Waals surface area contributed by atoms with E-state index >= 15 is 0 Å². The predicted molar refractivity (Wildman–Crippen MR) is 125 cm³/mol. The molecule has 0 spiro atoms. The quantitative estimate of drug-likeness (QED) is 0.745. The third-order valence-corrected chi connectivity index (χ3v) is 6.42. The minimum atomic E-state index is -0.449. The first-order chi connectivity index (χ1) is 15.4. The maximum absolute atomic E-state index is 12.9. The smallest absolute Gasteiger partial charge is 0.248 e. The third-order valence-electron chi connectivity index (χ3n) is 6.42. The SMILES string of the molecule is CN(C)c1ncc(-c2ccc(C(N)=O)cc2)c(C2CCN(C(=O)CN3CCCCC3)C2)n1. The van der Waals surface area contributed by atoms with Gasteiger partial charge in [0.05, 0.1) is 12.2 Å². The fourth-order valence-corrected chi connectivity index (χ4v) is 4.57. The van der Waals surface area contributed by atoms with Crippen LogP contribution in [0.2, 0.25) is 0 Å². The van der Waals surface area contributed by atoms with Gasteiger partial charge in [-0.2, -0.15) is 0 Å². The number of likely N-dealkylation sites (tertiary alicyclic amines) is 2. The van der Waals surface area contributed by atoms with Gasteiger partial charge in [0.2, 0.25) is 17.8 Å². The highest BCUT2D eigenvalue weighted by atomic mass is 16.2. The summed E-state index contributed by atoms with van der Waals surface area (Å²) < 4.78 is 0. The molecule has 2 aliphatic rings. The van der Waals surface area contributed by atoms with Gasteiger partial charge in [-0.05, 0) is 50.0 Å². The number of carbonyl (C=O) groups is 2. The fourth-order valence-electron chi connectivity index (χ4n) is 4.57. The van der Waals surface area contributed by atoms with Crippen LogP contribution >= 0.6 is 0 Å². The van der Waals surface area contributed by atoms with Crippen LogP contribution in [0.15, 0.2) is 30.5 Å². The second-order valence-electron chi connectivity index (χ2n) is 8.97. The minimum Gasteiger partial charge on any atom is -0.366 e. The van der Waals surface area contributed by atoms with Crippen molar-refractivity contribution in [2.75, 3.05) is 51.7 Å². The van der Waals surface area contributed by atoms with E-state index in [1.807, 2.05) is 42.2 Å². The molecule has 1 atom stereocenters. The van der Waals surface area contributed by atoms with Crippen molar-refractivity contribution >= 4 is 17.8 Å². The van der Waals surface area contributed by atoms with E-state index in [9.17, 15) is 9.59 Å². The van der Waals surface area contributed by atoms with Crippen molar-refractivity contribution in [3.63, 3.8) is 0 Å². The van der Waals surface area contributed by atoms with Gasteiger partial charge in [0.25, 0.3) is 0 Å². The first kappa shape index (κ1) is 22.2. The topological polar surface area (TPSA) is 95.7 Å². The van der Waals surface area contributed by atoms with Crippen LogP contribution in [0.25, 0.3) is 11.1 Å². The molecule has 170 valence electrons. The summed E-state index contributed by atoms with van der Waals surface area (Å²) >= 11 is 0. The number of carbonyl (C=O) groups excluding carboxylic acids is 2. The van der Waals surface area contributed by atoms with E-state index in [0.717, 1.165) is 42.9 Å². The van der Waals surface area contributed by atoms with Crippen LogP contribution < -0.4 is 10.6 Å². The summed E-state index contributed by atoms with van der Waals surface area (Å²) in [6.45, 7) is 3.97. The molecule has 3 heterocycles. The van der Waals surface area contributed by atoms with Gasteiger partial charge in [0.15, 0.2) is 0 Å². The Labute approximate surface area is 189 Å². The van der Waals surface area contributed by atoms with E-state index in [1.165, 1.54) is 19.3 Å². The predicted octanol–water partition coefficient (Wildman–Crippen LogP) is 2.11. The third kappa shape index (κ3) is 4.91. The number of nitrogens with zero attached hydrogens (tertiary/aromatic N) is 5. The normalized spacial score (nSPS) is 19.2. The second kappa shape index (κ2) is 9.65. The molecule has 2 fully saturated rings. The van der Waals surface area contributed by atoms with E-state index in [1.54, 1.807) is 12.1 Å². The summed E-state index contributed by atoms with van der Waals surface area (Å²) in [5, 5.41) is 0. The number of anilines is 1. The highest BCUT2D eigenvalue weighted by molar-refractivity contribution is 5.93. The van der Waals surface area contributed by atoms with E-state index in [-0.39, 0.29) is 11.8 Å². The van der Waals surface area contributed by atoms with Crippen molar-refractivity contribution in [2.24, 2.45) is 5.73 Å². The lowest BCUT2D eigenvalue weighted by Crippen LogP contribution is -2.41. The standard InChI is InChI=1S/C24H32N6O2/c1-28(2)24-26-14-20(17-6-8-18(9-7-17)23(25)32)22(27-24)19-10-13-30(15-19)21(31)16-29-11-4-3-5-12-29/h6-9,14,19H,3-5,10-13,15-16H2,1-2H3,(H2,25,32). The Bertz CT molecular complexity index is 969. The maximum atomic E-state index is 12.9. The first-order valence-electron chi connectivity index (χ1n) is 11.4. The van der Waals surface area contributed by atoms with E-state index < -0.39 is 5.91 Å². The first-order valence-corrected chi connectivity index (χ1v) is 11.4. The van der Waals surface area contributed by atoms with Crippen LogP contribution in [-0.4, -0.2) is 78.4 Å². The monoisotopic (exact) mass is 436 g/mol. The molecule has 0 radical (unpaired) electrons. The van der Waals surface area contributed by atoms with Crippen LogP contribution in [0.5, 0.6) is 0 Å². The molecule has 8 heteroatoms. The Balaban J connectivity index is 1.55. The van der Waals surface area contributed by atoms with Crippen molar-refractivity contribution in [1.29, 1.82) is 0 Å².